The standard InChI is InChI=1S/C21H27N5O4S/c1-3-29-19(27)17-15(22-20(28)23-18(17)16-10-7-11-30-16)12-31-21-25-24-13(2)26(21)14-8-5-4-6-9-14/h7,10-11,14,18H,3-6,8-9,12H2,1-2H3,(H2,22,23,28). The van der Waals surface area contributed by atoms with E-state index >= 15 is 0 Å². The topological polar surface area (TPSA) is 111 Å². The van der Waals surface area contributed by atoms with E-state index in [1.807, 2.05) is 6.92 Å². The molecular weight excluding hydrogens is 418 g/mol. The van der Waals surface area contributed by atoms with Gasteiger partial charge < -0.3 is 24.4 Å². The molecule has 166 valence electrons. The number of carbonyl (C=O) groups is 2. The fourth-order valence-corrected chi connectivity index (χ4v) is 5.22. The summed E-state index contributed by atoms with van der Waals surface area (Å²) in [5.74, 6) is 1.22. The number of aryl methyl sites for hydroxylation is 1. The molecule has 1 aliphatic heterocycles. The summed E-state index contributed by atoms with van der Waals surface area (Å²) in [6.45, 7) is 3.95. The number of hydrogen-bond acceptors (Lipinski definition) is 7. The Bertz CT molecular complexity index is 963. The van der Waals surface area contributed by atoms with Crippen LogP contribution in [0.1, 0.15) is 62.7 Å². The molecule has 2 amide bonds. The molecule has 2 aliphatic rings. The minimum atomic E-state index is -0.712. The van der Waals surface area contributed by atoms with Gasteiger partial charge in [0.05, 0.1) is 18.4 Å². The maximum absolute atomic E-state index is 12.8. The number of rotatable bonds is 7. The Labute approximate surface area is 185 Å². The number of ether oxygens (including phenoxy) is 1. The van der Waals surface area contributed by atoms with Gasteiger partial charge in [-0.1, -0.05) is 31.0 Å². The monoisotopic (exact) mass is 445 g/mol. The fraction of sp³-hybridized carbons (Fsp3) is 0.524. The van der Waals surface area contributed by atoms with Crippen LogP contribution in [0, 0.1) is 6.92 Å². The lowest BCUT2D eigenvalue weighted by atomic mass is 9.95. The average molecular weight is 446 g/mol. The lowest BCUT2D eigenvalue weighted by molar-refractivity contribution is -0.139. The highest BCUT2D eigenvalue weighted by Gasteiger charge is 2.35. The lowest BCUT2D eigenvalue weighted by Gasteiger charge is -2.28. The summed E-state index contributed by atoms with van der Waals surface area (Å²) < 4.78 is 12.9. The van der Waals surface area contributed by atoms with Crippen LogP contribution in [0.25, 0.3) is 0 Å². The highest BCUT2D eigenvalue weighted by Crippen LogP contribution is 2.34. The first-order valence-electron chi connectivity index (χ1n) is 10.6. The molecule has 0 radical (unpaired) electrons. The Morgan fingerprint density at radius 2 is 2.13 bits per heavy atom. The molecule has 0 bridgehead atoms. The van der Waals surface area contributed by atoms with E-state index in [-0.39, 0.29) is 6.61 Å². The van der Waals surface area contributed by atoms with Crippen LogP contribution in [-0.2, 0) is 9.53 Å². The summed E-state index contributed by atoms with van der Waals surface area (Å²) >= 11 is 1.46. The van der Waals surface area contributed by atoms with Crippen LogP contribution in [-0.4, -0.2) is 39.1 Å². The second-order valence-electron chi connectivity index (χ2n) is 7.64. The quantitative estimate of drug-likeness (QED) is 0.494. The number of nitrogens with one attached hydrogen (secondary N) is 2. The van der Waals surface area contributed by atoms with Crippen molar-refractivity contribution < 1.29 is 18.7 Å². The molecule has 3 heterocycles. The minimum Gasteiger partial charge on any atom is -0.467 e. The third-order valence-electron chi connectivity index (χ3n) is 5.60. The van der Waals surface area contributed by atoms with Crippen molar-refractivity contribution in [2.75, 3.05) is 12.4 Å². The first kappa shape index (κ1) is 21.5. The van der Waals surface area contributed by atoms with Crippen LogP contribution < -0.4 is 10.6 Å². The van der Waals surface area contributed by atoms with Crippen LogP contribution in [0.15, 0.2) is 39.2 Å². The lowest BCUT2D eigenvalue weighted by Crippen LogP contribution is -2.46. The van der Waals surface area contributed by atoms with Gasteiger partial charge in [0.15, 0.2) is 5.16 Å². The van der Waals surface area contributed by atoms with E-state index in [2.05, 4.69) is 25.4 Å². The largest absolute Gasteiger partial charge is 0.467 e. The predicted octanol–water partition coefficient (Wildman–Crippen LogP) is 3.65. The summed E-state index contributed by atoms with van der Waals surface area (Å²) in [6, 6.07) is 2.73. The first-order valence-corrected chi connectivity index (χ1v) is 11.6. The van der Waals surface area contributed by atoms with Crippen LogP contribution in [0.4, 0.5) is 4.79 Å². The molecule has 0 aromatic carbocycles. The van der Waals surface area contributed by atoms with Crippen molar-refractivity contribution in [2.45, 2.75) is 63.2 Å². The highest BCUT2D eigenvalue weighted by molar-refractivity contribution is 7.99. The third kappa shape index (κ3) is 4.63. The van der Waals surface area contributed by atoms with Crippen molar-refractivity contribution in [3.05, 3.63) is 41.3 Å². The predicted molar refractivity (Wildman–Crippen MR) is 114 cm³/mol. The first-order chi connectivity index (χ1) is 15.1. The normalized spacial score (nSPS) is 19.8. The molecule has 0 spiro atoms. The second kappa shape index (κ2) is 9.59. The Balaban J connectivity index is 1.62. The van der Waals surface area contributed by atoms with Crippen LogP contribution in [0.3, 0.4) is 0 Å². The SMILES string of the molecule is CCOC(=O)C1=C(CSc2nnc(C)n2C2CCCCC2)NC(=O)NC1c1ccco1. The number of nitrogens with zero attached hydrogens (tertiary/aromatic N) is 3. The highest BCUT2D eigenvalue weighted by atomic mass is 32.2. The number of esters is 1. The van der Waals surface area contributed by atoms with Gasteiger partial charge in [0.2, 0.25) is 0 Å². The van der Waals surface area contributed by atoms with E-state index < -0.39 is 18.0 Å². The molecule has 4 rings (SSSR count). The van der Waals surface area contributed by atoms with Crippen molar-refractivity contribution in [1.82, 2.24) is 25.4 Å². The molecule has 9 nitrogen and oxygen atoms in total. The Morgan fingerprint density at radius 1 is 1.32 bits per heavy atom. The number of furan rings is 1. The molecule has 1 fully saturated rings. The molecule has 2 N–H and O–H groups in total. The molecular formula is C21H27N5O4S. The van der Waals surface area contributed by atoms with E-state index in [0.717, 1.165) is 23.8 Å². The summed E-state index contributed by atoms with van der Waals surface area (Å²) in [5.41, 5.74) is 0.828. The molecule has 1 saturated carbocycles. The zero-order valence-corrected chi connectivity index (χ0v) is 18.5. The van der Waals surface area contributed by atoms with E-state index in [4.69, 9.17) is 9.15 Å². The van der Waals surface area contributed by atoms with Crippen molar-refractivity contribution in [2.24, 2.45) is 0 Å². The maximum atomic E-state index is 12.8. The summed E-state index contributed by atoms with van der Waals surface area (Å²) in [5, 5.41) is 15.0. The van der Waals surface area contributed by atoms with Crippen LogP contribution >= 0.6 is 11.8 Å². The van der Waals surface area contributed by atoms with Gasteiger partial charge in [-0.3, -0.25) is 0 Å². The molecule has 1 atom stereocenters. The zero-order valence-electron chi connectivity index (χ0n) is 17.7. The van der Waals surface area contributed by atoms with Crippen molar-refractivity contribution in [1.29, 1.82) is 0 Å². The maximum Gasteiger partial charge on any atom is 0.338 e. The Hall–Kier alpha value is -2.75. The van der Waals surface area contributed by atoms with E-state index in [1.54, 1.807) is 19.1 Å². The molecule has 1 unspecified atom stereocenters. The molecule has 31 heavy (non-hydrogen) atoms. The number of aromatic nitrogens is 3. The number of urea groups is 1. The number of amides is 2. The molecule has 0 saturated heterocycles. The molecule has 10 heteroatoms. The van der Waals surface area contributed by atoms with E-state index in [9.17, 15) is 9.59 Å². The zero-order chi connectivity index (χ0) is 21.8. The smallest absolute Gasteiger partial charge is 0.338 e. The average Bonchev–Trinajstić information content (AvgIpc) is 3.42. The van der Waals surface area contributed by atoms with Gasteiger partial charge in [-0.2, -0.15) is 0 Å². The number of carbonyl (C=O) groups excluding carboxylic acids is 2. The molecule has 1 aliphatic carbocycles. The van der Waals surface area contributed by atoms with Crippen LogP contribution in [0.2, 0.25) is 0 Å². The Kier molecular flexibility index (Phi) is 6.64. The Morgan fingerprint density at radius 3 is 2.84 bits per heavy atom. The van der Waals surface area contributed by atoms with E-state index in [1.165, 1.54) is 37.3 Å². The summed E-state index contributed by atoms with van der Waals surface area (Å²) in [6.07, 6.45) is 7.42. The molecule has 2 aromatic rings. The van der Waals surface area contributed by atoms with Gasteiger partial charge in [-0.25, -0.2) is 9.59 Å². The molecule has 2 aromatic heterocycles. The van der Waals surface area contributed by atoms with Crippen molar-refractivity contribution in [3.63, 3.8) is 0 Å². The van der Waals surface area contributed by atoms with Crippen molar-refractivity contribution in [3.8, 4) is 0 Å². The van der Waals surface area contributed by atoms with Gasteiger partial charge in [-0.05, 0) is 38.8 Å². The summed E-state index contributed by atoms with van der Waals surface area (Å²) in [7, 11) is 0. The van der Waals surface area contributed by atoms with Crippen LogP contribution in [0.5, 0.6) is 0 Å². The third-order valence-corrected chi connectivity index (χ3v) is 6.57. The van der Waals surface area contributed by atoms with Gasteiger partial charge in [0.25, 0.3) is 0 Å². The van der Waals surface area contributed by atoms with Gasteiger partial charge in [0, 0.05) is 17.5 Å². The summed E-state index contributed by atoms with van der Waals surface area (Å²) in [4.78, 5) is 25.1. The van der Waals surface area contributed by atoms with Crippen molar-refractivity contribution >= 4 is 23.8 Å². The van der Waals surface area contributed by atoms with Gasteiger partial charge in [0.1, 0.15) is 17.6 Å². The second-order valence-corrected chi connectivity index (χ2v) is 8.58. The van der Waals surface area contributed by atoms with Gasteiger partial charge >= 0.3 is 12.0 Å². The fourth-order valence-electron chi connectivity index (χ4n) is 4.20. The minimum absolute atomic E-state index is 0.233. The number of thioether (sulfide) groups is 1. The number of hydrogen-bond donors (Lipinski definition) is 2. The van der Waals surface area contributed by atoms with Gasteiger partial charge in [-0.15, -0.1) is 10.2 Å². The van der Waals surface area contributed by atoms with E-state index in [0.29, 0.717) is 28.8 Å².